The molecule has 2 rings (SSSR count). The molecule has 0 radical (unpaired) electrons. The number of methoxy groups -OCH3 is 1. The summed E-state index contributed by atoms with van der Waals surface area (Å²) in [5.41, 5.74) is 1.14. The molecule has 0 bridgehead atoms. The van der Waals surface area contributed by atoms with E-state index in [9.17, 15) is 4.79 Å². The van der Waals surface area contributed by atoms with Gasteiger partial charge in [-0.25, -0.2) is 9.78 Å². The van der Waals surface area contributed by atoms with Crippen molar-refractivity contribution >= 4 is 5.97 Å². The highest BCUT2D eigenvalue weighted by Crippen LogP contribution is 2.17. The molecule has 5 heteroatoms. The highest BCUT2D eigenvalue weighted by atomic mass is 16.5. The van der Waals surface area contributed by atoms with E-state index in [1.165, 1.54) is 13.3 Å². The van der Waals surface area contributed by atoms with Gasteiger partial charge in [-0.3, -0.25) is 4.98 Å². The average Bonchev–Trinajstić information content (AvgIpc) is 2.45. The number of carbonyl (C=O) groups excluding carboxylic acids is 1. The van der Waals surface area contributed by atoms with Crippen molar-refractivity contribution in [3.63, 3.8) is 0 Å². The molecule has 0 N–H and O–H groups in total. The molecule has 0 atom stereocenters. The van der Waals surface area contributed by atoms with Crippen molar-refractivity contribution in [3.05, 3.63) is 54.1 Å². The summed E-state index contributed by atoms with van der Waals surface area (Å²) in [6, 6.07) is 7.07. The van der Waals surface area contributed by atoms with Crippen LogP contribution in [0.2, 0.25) is 0 Å². The van der Waals surface area contributed by atoms with Gasteiger partial charge in [-0.05, 0) is 29.8 Å². The van der Waals surface area contributed by atoms with E-state index in [2.05, 4.69) is 14.7 Å². The Kier molecular flexibility index (Phi) is 3.86. The number of nitrogens with zero attached hydrogens (tertiary/aromatic N) is 2. The van der Waals surface area contributed by atoms with Crippen molar-refractivity contribution in [2.45, 2.75) is 6.61 Å². The van der Waals surface area contributed by atoms with Crippen molar-refractivity contribution in [2.75, 3.05) is 7.11 Å². The van der Waals surface area contributed by atoms with Crippen LogP contribution in [-0.4, -0.2) is 23.0 Å². The molecule has 0 spiro atoms. The summed E-state index contributed by atoms with van der Waals surface area (Å²) in [6.45, 7) is 0.345. The van der Waals surface area contributed by atoms with Crippen LogP contribution in [0.5, 0.6) is 5.75 Å². The molecule has 0 aliphatic carbocycles. The van der Waals surface area contributed by atoms with Gasteiger partial charge in [0.1, 0.15) is 6.61 Å². The van der Waals surface area contributed by atoms with Crippen LogP contribution in [0.3, 0.4) is 0 Å². The second kappa shape index (κ2) is 5.77. The summed E-state index contributed by atoms with van der Waals surface area (Å²) >= 11 is 0. The average molecular weight is 244 g/mol. The molecular formula is C13H12N2O3. The summed E-state index contributed by atoms with van der Waals surface area (Å²) in [7, 11) is 1.31. The largest absolute Gasteiger partial charge is 0.486 e. The molecule has 2 aromatic rings. The van der Waals surface area contributed by atoms with E-state index < -0.39 is 5.97 Å². The lowest BCUT2D eigenvalue weighted by Gasteiger charge is -2.08. The van der Waals surface area contributed by atoms with E-state index in [0.29, 0.717) is 12.4 Å². The first-order valence-corrected chi connectivity index (χ1v) is 5.36. The monoisotopic (exact) mass is 244 g/mol. The normalized spacial score (nSPS) is 9.83. The maximum absolute atomic E-state index is 11.5. The maximum Gasteiger partial charge on any atom is 0.360 e. The van der Waals surface area contributed by atoms with Gasteiger partial charge in [-0.2, -0.15) is 0 Å². The van der Waals surface area contributed by atoms with Crippen LogP contribution in [0, 0.1) is 0 Å². The molecule has 92 valence electrons. The minimum absolute atomic E-state index is 0.175. The lowest BCUT2D eigenvalue weighted by Crippen LogP contribution is -2.08. The molecule has 0 aliphatic heterocycles. The Morgan fingerprint density at radius 1 is 1.22 bits per heavy atom. The van der Waals surface area contributed by atoms with Crippen LogP contribution in [0.25, 0.3) is 0 Å². The van der Waals surface area contributed by atoms with Crippen LogP contribution < -0.4 is 4.74 Å². The van der Waals surface area contributed by atoms with Crippen molar-refractivity contribution in [1.29, 1.82) is 0 Å². The van der Waals surface area contributed by atoms with Gasteiger partial charge in [0.2, 0.25) is 0 Å². The number of aromatic nitrogens is 2. The Balaban J connectivity index is 2.12. The highest BCUT2D eigenvalue weighted by molar-refractivity contribution is 5.90. The van der Waals surface area contributed by atoms with Crippen molar-refractivity contribution < 1.29 is 14.3 Å². The van der Waals surface area contributed by atoms with E-state index in [4.69, 9.17) is 4.74 Å². The van der Waals surface area contributed by atoms with Crippen molar-refractivity contribution in [2.24, 2.45) is 0 Å². The Morgan fingerprint density at radius 2 is 2.00 bits per heavy atom. The molecule has 0 saturated carbocycles. The molecular weight excluding hydrogens is 232 g/mol. The third kappa shape index (κ3) is 2.82. The molecule has 0 aromatic carbocycles. The number of carbonyl (C=O) groups is 1. The second-order valence-corrected chi connectivity index (χ2v) is 3.49. The minimum Gasteiger partial charge on any atom is -0.486 e. The van der Waals surface area contributed by atoms with Crippen molar-refractivity contribution in [1.82, 2.24) is 9.97 Å². The predicted octanol–water partition coefficient (Wildman–Crippen LogP) is 1.84. The summed E-state index contributed by atoms with van der Waals surface area (Å²) in [6.07, 6.45) is 4.89. The number of rotatable bonds is 4. The molecule has 5 nitrogen and oxygen atoms in total. The van der Waals surface area contributed by atoms with Gasteiger partial charge >= 0.3 is 5.97 Å². The summed E-state index contributed by atoms with van der Waals surface area (Å²) in [5.74, 6) is -0.110. The van der Waals surface area contributed by atoms with Gasteiger partial charge in [-0.15, -0.1) is 0 Å². The minimum atomic E-state index is -0.514. The summed E-state index contributed by atoms with van der Waals surface area (Å²) < 4.78 is 10.2. The molecule has 0 aliphatic rings. The van der Waals surface area contributed by atoms with E-state index in [1.54, 1.807) is 24.5 Å². The lowest BCUT2D eigenvalue weighted by molar-refractivity contribution is 0.0588. The SMILES string of the molecule is COC(=O)c1ncccc1OCc1ccncc1. The van der Waals surface area contributed by atoms with Crippen LogP contribution in [0.15, 0.2) is 42.9 Å². The number of pyridine rings is 2. The van der Waals surface area contributed by atoms with Gasteiger partial charge in [0.25, 0.3) is 0 Å². The third-order valence-corrected chi connectivity index (χ3v) is 2.29. The van der Waals surface area contributed by atoms with Crippen LogP contribution in [-0.2, 0) is 11.3 Å². The Morgan fingerprint density at radius 3 is 2.72 bits per heavy atom. The first kappa shape index (κ1) is 12.0. The van der Waals surface area contributed by atoms with Crippen LogP contribution in [0.4, 0.5) is 0 Å². The van der Waals surface area contributed by atoms with Gasteiger partial charge < -0.3 is 9.47 Å². The molecule has 0 fully saturated rings. The van der Waals surface area contributed by atoms with Gasteiger partial charge in [0.05, 0.1) is 7.11 Å². The fraction of sp³-hybridized carbons (Fsp3) is 0.154. The zero-order valence-corrected chi connectivity index (χ0v) is 9.87. The number of ether oxygens (including phenoxy) is 2. The Bertz CT molecular complexity index is 529. The lowest BCUT2D eigenvalue weighted by atomic mass is 10.3. The van der Waals surface area contributed by atoms with E-state index >= 15 is 0 Å². The molecule has 0 amide bonds. The standard InChI is InChI=1S/C13H12N2O3/c1-17-13(16)12-11(3-2-6-15-12)18-9-10-4-7-14-8-5-10/h2-8H,9H2,1H3. The summed E-state index contributed by atoms with van der Waals surface area (Å²) in [4.78, 5) is 19.3. The van der Waals surface area contributed by atoms with E-state index in [-0.39, 0.29) is 5.69 Å². The van der Waals surface area contributed by atoms with Gasteiger partial charge in [0.15, 0.2) is 11.4 Å². The molecule has 2 aromatic heterocycles. The Labute approximate surface area is 104 Å². The van der Waals surface area contributed by atoms with Crippen LogP contribution in [0.1, 0.15) is 16.1 Å². The molecule has 0 saturated heterocycles. The molecule has 0 unspecified atom stereocenters. The highest BCUT2D eigenvalue weighted by Gasteiger charge is 2.13. The summed E-state index contributed by atoms with van der Waals surface area (Å²) in [5, 5.41) is 0. The molecule has 2 heterocycles. The van der Waals surface area contributed by atoms with Gasteiger partial charge in [-0.1, -0.05) is 0 Å². The second-order valence-electron chi connectivity index (χ2n) is 3.49. The zero-order valence-electron chi connectivity index (χ0n) is 9.87. The van der Waals surface area contributed by atoms with Crippen molar-refractivity contribution in [3.8, 4) is 5.75 Å². The quantitative estimate of drug-likeness (QED) is 0.768. The predicted molar refractivity (Wildman–Crippen MR) is 64.1 cm³/mol. The van der Waals surface area contributed by atoms with E-state index in [0.717, 1.165) is 5.56 Å². The first-order valence-electron chi connectivity index (χ1n) is 5.36. The van der Waals surface area contributed by atoms with E-state index in [1.807, 2.05) is 12.1 Å². The number of hydrogen-bond donors (Lipinski definition) is 0. The number of hydrogen-bond acceptors (Lipinski definition) is 5. The van der Waals surface area contributed by atoms with Crippen LogP contribution >= 0.6 is 0 Å². The fourth-order valence-electron chi connectivity index (χ4n) is 1.40. The molecule has 18 heavy (non-hydrogen) atoms. The Hall–Kier alpha value is -2.43. The van der Waals surface area contributed by atoms with Gasteiger partial charge in [0, 0.05) is 18.6 Å². The first-order chi connectivity index (χ1) is 8.81. The fourth-order valence-corrected chi connectivity index (χ4v) is 1.40. The smallest absolute Gasteiger partial charge is 0.360 e. The third-order valence-electron chi connectivity index (χ3n) is 2.29. The number of esters is 1. The topological polar surface area (TPSA) is 61.3 Å². The zero-order chi connectivity index (χ0) is 12.8. The maximum atomic E-state index is 11.5.